The number of carbonyl (C=O) groups excluding carboxylic acids is 1. The summed E-state index contributed by atoms with van der Waals surface area (Å²) in [5, 5.41) is 3.50. The number of ether oxygens (including phenoxy) is 3. The molecule has 2 aromatic heterocycles. The second kappa shape index (κ2) is 16.7. The monoisotopic (exact) mass is 674 g/mol. The number of imidazole rings is 2. The Bertz CT molecular complexity index is 1670. The van der Waals surface area contributed by atoms with Gasteiger partial charge < -0.3 is 33.6 Å². The number of hydrogen-bond donors (Lipinski definition) is 1. The van der Waals surface area contributed by atoms with E-state index in [4.69, 9.17) is 24.2 Å². The van der Waals surface area contributed by atoms with Crippen LogP contribution in [0.3, 0.4) is 0 Å². The van der Waals surface area contributed by atoms with Crippen molar-refractivity contribution in [2.24, 2.45) is 0 Å². The SMILES string of the molecule is CCCCn1c([C@@H]2CCCN(C(=O)OC(C)(C)C)C2)nc2c(OC)cccc21.CCCCn1c([C@@H]2CCCNC2)nc2c(OC)cccc21. The van der Waals surface area contributed by atoms with E-state index in [2.05, 4.69) is 46.5 Å². The summed E-state index contributed by atoms with van der Waals surface area (Å²) in [6.07, 6.45) is 8.82. The maximum absolute atomic E-state index is 12.6. The molecule has 1 N–H and O–H groups in total. The Hall–Kier alpha value is -3.79. The molecule has 0 saturated carbocycles. The van der Waals surface area contributed by atoms with Gasteiger partial charge in [0, 0.05) is 44.6 Å². The highest BCUT2D eigenvalue weighted by atomic mass is 16.6. The third kappa shape index (κ3) is 8.69. The normalized spacial score (nSPS) is 18.3. The fraction of sp³-hybridized carbons (Fsp3) is 0.615. The molecule has 2 atom stereocenters. The number of amides is 1. The maximum Gasteiger partial charge on any atom is 0.410 e. The van der Waals surface area contributed by atoms with Crippen LogP contribution in [0.5, 0.6) is 11.5 Å². The first-order chi connectivity index (χ1) is 23.7. The van der Waals surface area contributed by atoms with E-state index in [9.17, 15) is 4.79 Å². The summed E-state index contributed by atoms with van der Waals surface area (Å²) in [4.78, 5) is 24.4. The van der Waals surface area contributed by atoms with Crippen molar-refractivity contribution in [3.05, 3.63) is 48.0 Å². The highest BCUT2D eigenvalue weighted by molar-refractivity contribution is 5.83. The van der Waals surface area contributed by atoms with Gasteiger partial charge in [-0.05, 0) is 90.1 Å². The number of nitrogens with one attached hydrogen (secondary N) is 1. The molecule has 2 aliphatic rings. The van der Waals surface area contributed by atoms with Crippen LogP contribution in [0, 0.1) is 0 Å². The van der Waals surface area contributed by atoms with Gasteiger partial charge in [-0.15, -0.1) is 0 Å². The highest BCUT2D eigenvalue weighted by Gasteiger charge is 2.31. The van der Waals surface area contributed by atoms with E-state index in [0.717, 1.165) is 92.3 Å². The van der Waals surface area contributed by atoms with Crippen molar-refractivity contribution in [3.63, 3.8) is 0 Å². The first-order valence-electron chi connectivity index (χ1n) is 18.4. The van der Waals surface area contributed by atoms with Crippen molar-refractivity contribution in [1.29, 1.82) is 0 Å². The van der Waals surface area contributed by atoms with Gasteiger partial charge in [0.2, 0.25) is 0 Å². The molecule has 0 spiro atoms. The van der Waals surface area contributed by atoms with Crippen molar-refractivity contribution < 1.29 is 19.0 Å². The van der Waals surface area contributed by atoms with Gasteiger partial charge in [-0.2, -0.15) is 0 Å². The maximum atomic E-state index is 12.6. The number of para-hydroxylation sites is 2. The second-order valence-electron chi connectivity index (χ2n) is 14.4. The van der Waals surface area contributed by atoms with Crippen LogP contribution in [0.1, 0.15) is 109 Å². The number of piperidine rings is 2. The zero-order chi connectivity index (χ0) is 35.0. The lowest BCUT2D eigenvalue weighted by Crippen LogP contribution is -2.42. The van der Waals surface area contributed by atoms with Crippen LogP contribution < -0.4 is 14.8 Å². The number of aromatic nitrogens is 4. The van der Waals surface area contributed by atoms with Crippen LogP contribution in [0.4, 0.5) is 4.79 Å². The predicted octanol–water partition coefficient (Wildman–Crippen LogP) is 8.27. The zero-order valence-corrected chi connectivity index (χ0v) is 30.9. The van der Waals surface area contributed by atoms with Crippen LogP contribution in [0.25, 0.3) is 22.1 Å². The Kier molecular flexibility index (Phi) is 12.5. The summed E-state index contributed by atoms with van der Waals surface area (Å²) in [6, 6.07) is 12.3. The Balaban J connectivity index is 0.000000199. The Morgan fingerprint density at radius 1 is 0.837 bits per heavy atom. The first kappa shape index (κ1) is 36.5. The molecule has 2 saturated heterocycles. The third-order valence-corrected chi connectivity index (χ3v) is 9.55. The van der Waals surface area contributed by atoms with Crippen LogP contribution in [-0.2, 0) is 17.8 Å². The quantitative estimate of drug-likeness (QED) is 0.181. The van der Waals surface area contributed by atoms with E-state index in [0.29, 0.717) is 12.5 Å². The average molecular weight is 675 g/mol. The van der Waals surface area contributed by atoms with Gasteiger partial charge in [-0.1, -0.05) is 38.8 Å². The Labute approximate surface area is 292 Å². The van der Waals surface area contributed by atoms with E-state index in [1.807, 2.05) is 43.9 Å². The number of unbranched alkanes of at least 4 members (excludes halogenated alkanes) is 2. The number of nitrogens with zero attached hydrogens (tertiary/aromatic N) is 5. The molecule has 2 aliphatic heterocycles. The first-order valence-corrected chi connectivity index (χ1v) is 18.4. The van der Waals surface area contributed by atoms with Crippen molar-refractivity contribution >= 4 is 28.2 Å². The van der Waals surface area contributed by atoms with Crippen LogP contribution in [0.15, 0.2) is 36.4 Å². The van der Waals surface area contributed by atoms with Gasteiger partial charge in [0.05, 0.1) is 25.3 Å². The van der Waals surface area contributed by atoms with E-state index in [-0.39, 0.29) is 12.0 Å². The number of rotatable bonds is 10. The molecule has 10 heteroatoms. The number of fused-ring (bicyclic) bond motifs is 2. The molecular formula is C39H58N6O4. The molecule has 0 aliphatic carbocycles. The minimum absolute atomic E-state index is 0.204. The Morgan fingerprint density at radius 2 is 1.39 bits per heavy atom. The smallest absolute Gasteiger partial charge is 0.410 e. The summed E-state index contributed by atoms with van der Waals surface area (Å²) in [5.41, 5.74) is 3.76. The summed E-state index contributed by atoms with van der Waals surface area (Å²) in [7, 11) is 3.41. The van der Waals surface area contributed by atoms with Gasteiger partial charge in [0.1, 0.15) is 39.8 Å². The van der Waals surface area contributed by atoms with Gasteiger partial charge >= 0.3 is 6.09 Å². The number of aryl methyl sites for hydroxylation is 2. The molecule has 1 amide bonds. The highest BCUT2D eigenvalue weighted by Crippen LogP contribution is 2.34. The van der Waals surface area contributed by atoms with Gasteiger partial charge in [-0.3, -0.25) is 0 Å². The van der Waals surface area contributed by atoms with Crippen molar-refractivity contribution in [2.45, 2.75) is 117 Å². The van der Waals surface area contributed by atoms with Gasteiger partial charge in [0.25, 0.3) is 0 Å². The largest absolute Gasteiger partial charge is 0.494 e. The molecule has 2 fully saturated rings. The predicted molar refractivity (Wildman–Crippen MR) is 197 cm³/mol. The fourth-order valence-corrected chi connectivity index (χ4v) is 7.09. The van der Waals surface area contributed by atoms with Crippen molar-refractivity contribution in [2.75, 3.05) is 40.4 Å². The molecule has 49 heavy (non-hydrogen) atoms. The third-order valence-electron chi connectivity index (χ3n) is 9.55. The lowest BCUT2D eigenvalue weighted by Gasteiger charge is -2.34. The standard InChI is InChI=1S/C22H33N3O3.C17H25N3O/c1-6-7-14-25-17-11-8-12-18(27-5)19(17)23-20(25)16-10-9-13-24(15-16)21(26)28-22(2,3)4;1-3-4-11-20-14-8-5-9-15(21-2)16(14)19-17(20)13-7-6-10-18-12-13/h8,11-12,16H,6-7,9-10,13-15H2,1-5H3;5,8-9,13,18H,3-4,6-7,10-12H2,1-2H3/t16-;13-/m11/s1. The zero-order valence-electron chi connectivity index (χ0n) is 30.9. The molecule has 268 valence electrons. The van der Waals surface area contributed by atoms with Crippen LogP contribution in [-0.4, -0.2) is 76.1 Å². The molecule has 2 aromatic carbocycles. The summed E-state index contributed by atoms with van der Waals surface area (Å²) < 4.78 is 21.4. The molecule has 6 rings (SSSR count). The summed E-state index contributed by atoms with van der Waals surface area (Å²) in [6.45, 7) is 15.7. The van der Waals surface area contributed by atoms with E-state index < -0.39 is 5.60 Å². The van der Waals surface area contributed by atoms with Crippen LogP contribution in [0.2, 0.25) is 0 Å². The lowest BCUT2D eigenvalue weighted by molar-refractivity contribution is 0.0195. The van der Waals surface area contributed by atoms with Gasteiger partial charge in [-0.25, -0.2) is 14.8 Å². The Morgan fingerprint density at radius 3 is 1.88 bits per heavy atom. The summed E-state index contributed by atoms with van der Waals surface area (Å²) in [5.74, 6) is 4.70. The topological polar surface area (TPSA) is 95.7 Å². The molecule has 4 aromatic rings. The van der Waals surface area contributed by atoms with Crippen LogP contribution >= 0.6 is 0 Å². The second-order valence-corrected chi connectivity index (χ2v) is 14.4. The average Bonchev–Trinajstić information content (AvgIpc) is 3.68. The minimum atomic E-state index is -0.480. The number of carbonyl (C=O) groups is 1. The van der Waals surface area contributed by atoms with Crippen molar-refractivity contribution in [1.82, 2.24) is 29.3 Å². The molecule has 0 radical (unpaired) electrons. The van der Waals surface area contributed by atoms with Crippen molar-refractivity contribution in [3.8, 4) is 11.5 Å². The number of likely N-dealkylation sites (tertiary alicyclic amines) is 1. The summed E-state index contributed by atoms with van der Waals surface area (Å²) >= 11 is 0. The number of benzene rings is 2. The number of hydrogen-bond acceptors (Lipinski definition) is 7. The van der Waals surface area contributed by atoms with E-state index >= 15 is 0 Å². The molecule has 10 nitrogen and oxygen atoms in total. The minimum Gasteiger partial charge on any atom is -0.494 e. The number of methoxy groups -OCH3 is 2. The molecular weight excluding hydrogens is 616 g/mol. The van der Waals surface area contributed by atoms with Gasteiger partial charge in [0.15, 0.2) is 0 Å². The molecule has 0 bridgehead atoms. The van der Waals surface area contributed by atoms with E-state index in [1.54, 1.807) is 14.2 Å². The van der Waals surface area contributed by atoms with E-state index in [1.165, 1.54) is 37.0 Å². The lowest BCUT2D eigenvalue weighted by atomic mass is 9.97. The molecule has 4 heterocycles. The fourth-order valence-electron chi connectivity index (χ4n) is 7.09. The molecule has 0 unspecified atom stereocenters.